The molecule has 1 aliphatic rings. The molecule has 1 fully saturated rings. The second kappa shape index (κ2) is 10.5. The summed E-state index contributed by atoms with van der Waals surface area (Å²) >= 11 is 0. The molecular formula is C22H29N3O4S. The third kappa shape index (κ3) is 6.27. The maximum Gasteiger partial charge on any atom is 0.240 e. The van der Waals surface area contributed by atoms with E-state index < -0.39 is 10.0 Å². The van der Waals surface area contributed by atoms with Crippen LogP contribution in [0.1, 0.15) is 44.1 Å². The fourth-order valence-corrected chi connectivity index (χ4v) is 4.30. The first-order chi connectivity index (χ1) is 14.5. The fourth-order valence-electron chi connectivity index (χ4n) is 3.57. The van der Waals surface area contributed by atoms with Crippen LogP contribution in [0.4, 0.5) is 5.82 Å². The first-order valence-corrected chi connectivity index (χ1v) is 11.9. The van der Waals surface area contributed by atoms with E-state index in [2.05, 4.69) is 15.0 Å². The van der Waals surface area contributed by atoms with Gasteiger partial charge in [-0.3, -0.25) is 4.79 Å². The lowest BCUT2D eigenvalue weighted by molar-refractivity contribution is -0.116. The number of pyridine rings is 1. The van der Waals surface area contributed by atoms with Gasteiger partial charge in [-0.25, -0.2) is 18.1 Å². The summed E-state index contributed by atoms with van der Waals surface area (Å²) in [6, 6.07) is 10.1. The van der Waals surface area contributed by atoms with Crippen LogP contribution in [0, 0.1) is 5.92 Å². The molecule has 2 aromatic rings. The summed E-state index contributed by atoms with van der Waals surface area (Å²) in [5, 5.41) is 2.83. The van der Waals surface area contributed by atoms with Gasteiger partial charge >= 0.3 is 0 Å². The van der Waals surface area contributed by atoms with Gasteiger partial charge in [0.1, 0.15) is 0 Å². The van der Waals surface area contributed by atoms with Gasteiger partial charge < -0.3 is 10.1 Å². The molecule has 3 rings (SSSR count). The third-order valence-electron chi connectivity index (χ3n) is 5.37. The molecule has 2 N–H and O–H groups in total. The standard InChI is InChI=1S/C22H29N3O4S/c1-23-30(27,28)19-12-9-17(10-13-19)11-14-21(26)25-22-20(8-5-15-24-22)29-16-18-6-3-2-4-7-18/h5,8-10,12-13,15,18,23H,2-4,6-7,11,14,16H2,1H3,(H,24,25,26). The van der Waals surface area contributed by atoms with Gasteiger partial charge in [0.05, 0.1) is 11.5 Å². The molecule has 0 radical (unpaired) electrons. The fraction of sp³-hybridized carbons (Fsp3) is 0.455. The van der Waals surface area contributed by atoms with Crippen LogP contribution in [0.15, 0.2) is 47.5 Å². The Morgan fingerprint density at radius 1 is 1.13 bits per heavy atom. The molecule has 1 amide bonds. The molecule has 0 saturated heterocycles. The van der Waals surface area contributed by atoms with E-state index in [0.29, 0.717) is 30.5 Å². The second-order valence-electron chi connectivity index (χ2n) is 7.56. The van der Waals surface area contributed by atoms with Crippen molar-refractivity contribution in [3.63, 3.8) is 0 Å². The molecule has 7 nitrogen and oxygen atoms in total. The highest BCUT2D eigenvalue weighted by Crippen LogP contribution is 2.27. The number of benzene rings is 1. The summed E-state index contributed by atoms with van der Waals surface area (Å²) in [4.78, 5) is 16.9. The first-order valence-electron chi connectivity index (χ1n) is 10.4. The number of hydrogen-bond donors (Lipinski definition) is 2. The van der Waals surface area contributed by atoms with Crippen molar-refractivity contribution < 1.29 is 17.9 Å². The van der Waals surface area contributed by atoms with Crippen LogP contribution < -0.4 is 14.8 Å². The largest absolute Gasteiger partial charge is 0.489 e. The van der Waals surface area contributed by atoms with E-state index in [0.717, 1.165) is 5.56 Å². The number of hydrogen-bond acceptors (Lipinski definition) is 5. The Bertz CT molecular complexity index is 939. The Hall–Kier alpha value is -2.45. The van der Waals surface area contributed by atoms with E-state index in [9.17, 15) is 13.2 Å². The number of nitrogens with one attached hydrogen (secondary N) is 2. The Kier molecular flexibility index (Phi) is 7.81. The van der Waals surface area contributed by atoms with Crippen LogP contribution in [0.25, 0.3) is 0 Å². The van der Waals surface area contributed by atoms with Crippen LogP contribution in [0.3, 0.4) is 0 Å². The van der Waals surface area contributed by atoms with E-state index in [1.54, 1.807) is 24.4 Å². The van der Waals surface area contributed by atoms with Crippen molar-refractivity contribution in [1.29, 1.82) is 0 Å². The quantitative estimate of drug-likeness (QED) is 0.633. The van der Waals surface area contributed by atoms with E-state index in [1.165, 1.54) is 51.3 Å². The summed E-state index contributed by atoms with van der Waals surface area (Å²) in [6.45, 7) is 0.649. The van der Waals surface area contributed by atoms with Crippen molar-refractivity contribution in [3.05, 3.63) is 48.2 Å². The first kappa shape index (κ1) is 22.2. The highest BCUT2D eigenvalue weighted by atomic mass is 32.2. The van der Waals surface area contributed by atoms with Gasteiger partial charge in [0, 0.05) is 12.6 Å². The number of ether oxygens (including phenoxy) is 1. The van der Waals surface area contributed by atoms with Crippen molar-refractivity contribution in [2.45, 2.75) is 49.8 Å². The van der Waals surface area contributed by atoms with Crippen molar-refractivity contribution in [3.8, 4) is 5.75 Å². The minimum Gasteiger partial charge on any atom is -0.489 e. The average Bonchev–Trinajstić information content (AvgIpc) is 2.78. The molecular weight excluding hydrogens is 402 g/mol. The average molecular weight is 432 g/mol. The lowest BCUT2D eigenvalue weighted by Crippen LogP contribution is -2.18. The zero-order chi connectivity index (χ0) is 21.4. The molecule has 30 heavy (non-hydrogen) atoms. The van der Waals surface area contributed by atoms with Crippen molar-refractivity contribution >= 4 is 21.7 Å². The summed E-state index contributed by atoms with van der Waals surface area (Å²) in [5.41, 5.74) is 0.884. The molecule has 1 aromatic heterocycles. The van der Waals surface area contributed by atoms with Crippen LogP contribution >= 0.6 is 0 Å². The van der Waals surface area contributed by atoms with E-state index in [1.807, 2.05) is 6.07 Å². The van der Waals surface area contributed by atoms with Crippen LogP contribution in [0.2, 0.25) is 0 Å². The van der Waals surface area contributed by atoms with E-state index in [4.69, 9.17) is 4.74 Å². The van der Waals surface area contributed by atoms with Gasteiger partial charge in [-0.2, -0.15) is 0 Å². The summed E-state index contributed by atoms with van der Waals surface area (Å²) < 4.78 is 31.8. The molecule has 0 bridgehead atoms. The smallest absolute Gasteiger partial charge is 0.240 e. The van der Waals surface area contributed by atoms with E-state index in [-0.39, 0.29) is 17.2 Å². The van der Waals surface area contributed by atoms with Crippen LogP contribution in [-0.2, 0) is 21.2 Å². The highest BCUT2D eigenvalue weighted by molar-refractivity contribution is 7.89. The van der Waals surface area contributed by atoms with Crippen LogP contribution in [-0.4, -0.2) is 33.0 Å². The lowest BCUT2D eigenvalue weighted by Gasteiger charge is -2.22. The normalized spacial score (nSPS) is 15.0. The number of nitrogens with zero attached hydrogens (tertiary/aromatic N) is 1. The number of carbonyl (C=O) groups excluding carboxylic acids is 1. The lowest BCUT2D eigenvalue weighted by atomic mass is 9.90. The molecule has 0 atom stereocenters. The van der Waals surface area contributed by atoms with Gasteiger partial charge in [0.2, 0.25) is 15.9 Å². The predicted octanol–water partition coefficient (Wildman–Crippen LogP) is 3.52. The Morgan fingerprint density at radius 3 is 2.57 bits per heavy atom. The van der Waals surface area contributed by atoms with Crippen molar-refractivity contribution in [2.24, 2.45) is 5.92 Å². The van der Waals surface area contributed by atoms with Crippen molar-refractivity contribution in [2.75, 3.05) is 19.0 Å². The SMILES string of the molecule is CNS(=O)(=O)c1ccc(CCC(=O)Nc2ncccc2OCC2CCCCC2)cc1. The number of carbonyl (C=O) groups is 1. The van der Waals surface area contributed by atoms with Gasteiger partial charge in [-0.15, -0.1) is 0 Å². The highest BCUT2D eigenvalue weighted by Gasteiger charge is 2.16. The Balaban J connectivity index is 1.52. The topological polar surface area (TPSA) is 97.4 Å². The minimum atomic E-state index is -3.46. The molecule has 1 saturated carbocycles. The van der Waals surface area contributed by atoms with Gasteiger partial charge in [0.15, 0.2) is 11.6 Å². The van der Waals surface area contributed by atoms with Crippen molar-refractivity contribution in [1.82, 2.24) is 9.71 Å². The van der Waals surface area contributed by atoms with E-state index >= 15 is 0 Å². The number of sulfonamides is 1. The van der Waals surface area contributed by atoms with Crippen LogP contribution in [0.5, 0.6) is 5.75 Å². The maximum absolute atomic E-state index is 12.4. The molecule has 162 valence electrons. The third-order valence-corrected chi connectivity index (χ3v) is 6.80. The number of rotatable bonds is 9. The number of aromatic nitrogens is 1. The molecule has 0 aliphatic heterocycles. The Morgan fingerprint density at radius 2 is 1.87 bits per heavy atom. The summed E-state index contributed by atoms with van der Waals surface area (Å²) in [5.74, 6) is 1.44. The second-order valence-corrected chi connectivity index (χ2v) is 9.45. The maximum atomic E-state index is 12.4. The van der Waals surface area contributed by atoms with Gasteiger partial charge in [-0.05, 0) is 62.1 Å². The number of amides is 1. The Labute approximate surface area is 178 Å². The number of aryl methyl sites for hydroxylation is 1. The molecule has 1 aromatic carbocycles. The minimum absolute atomic E-state index is 0.164. The number of anilines is 1. The molecule has 1 aliphatic carbocycles. The molecule has 0 spiro atoms. The zero-order valence-electron chi connectivity index (χ0n) is 17.3. The van der Waals surface area contributed by atoms with Gasteiger partial charge in [0.25, 0.3) is 0 Å². The monoisotopic (exact) mass is 431 g/mol. The predicted molar refractivity (Wildman–Crippen MR) is 116 cm³/mol. The molecule has 0 unspecified atom stereocenters. The molecule has 1 heterocycles. The summed E-state index contributed by atoms with van der Waals surface area (Å²) in [6.07, 6.45) is 8.59. The van der Waals surface area contributed by atoms with Gasteiger partial charge in [-0.1, -0.05) is 31.4 Å². The zero-order valence-corrected chi connectivity index (χ0v) is 18.1. The summed E-state index contributed by atoms with van der Waals surface area (Å²) in [7, 11) is -2.08. The molecule has 8 heteroatoms.